The van der Waals surface area contributed by atoms with Gasteiger partial charge >= 0.3 is 0 Å². The highest BCUT2D eigenvalue weighted by atomic mass is 35.5. The minimum atomic E-state index is -3.75. The van der Waals surface area contributed by atoms with E-state index in [1.54, 1.807) is 47.6 Å². The molecule has 172 valence electrons. The first-order chi connectivity index (χ1) is 15.8. The molecule has 0 atom stereocenters. The monoisotopic (exact) mass is 505 g/mol. The van der Waals surface area contributed by atoms with E-state index in [4.69, 9.17) is 23.2 Å². The Hall–Kier alpha value is -2.72. The zero-order chi connectivity index (χ0) is 23.4. The highest BCUT2D eigenvalue weighted by Gasteiger charge is 2.23. The Bertz CT molecular complexity index is 1230. The average molecular weight is 506 g/mol. The lowest BCUT2D eigenvalue weighted by atomic mass is 10.1. The molecule has 1 aliphatic heterocycles. The maximum atomic E-state index is 12.9. The first-order valence-corrected chi connectivity index (χ1v) is 12.4. The molecule has 11 heteroatoms. The number of anilines is 1. The second-order valence-electron chi connectivity index (χ2n) is 7.43. The normalized spacial score (nSPS) is 14.4. The molecular weight excluding hydrogens is 485 g/mol. The van der Waals surface area contributed by atoms with E-state index in [-0.39, 0.29) is 27.4 Å². The smallest absolute Gasteiger partial charge is 0.253 e. The molecule has 2 aromatic carbocycles. The van der Waals surface area contributed by atoms with Crippen molar-refractivity contribution in [1.29, 1.82) is 0 Å². The van der Waals surface area contributed by atoms with Crippen molar-refractivity contribution in [3.63, 3.8) is 0 Å². The van der Waals surface area contributed by atoms with Crippen molar-refractivity contribution < 1.29 is 13.2 Å². The van der Waals surface area contributed by atoms with E-state index >= 15 is 0 Å². The van der Waals surface area contributed by atoms with Gasteiger partial charge in [0.15, 0.2) is 0 Å². The van der Waals surface area contributed by atoms with E-state index in [1.165, 1.54) is 18.2 Å². The molecule has 1 aromatic heterocycles. The number of sulfonamides is 1. The lowest BCUT2D eigenvalue weighted by Gasteiger charge is -2.34. The molecule has 3 aromatic rings. The topological polar surface area (TPSA) is 95.5 Å². The van der Waals surface area contributed by atoms with Gasteiger partial charge in [0.25, 0.3) is 5.91 Å². The van der Waals surface area contributed by atoms with E-state index in [2.05, 4.69) is 14.7 Å². The second-order valence-corrected chi connectivity index (χ2v) is 10.0. The number of nitrogens with one attached hydrogen (secondary N) is 1. The number of carbonyl (C=O) groups is 1. The van der Waals surface area contributed by atoms with Gasteiger partial charge in [0.1, 0.15) is 0 Å². The third kappa shape index (κ3) is 5.62. The summed E-state index contributed by atoms with van der Waals surface area (Å²) in [7, 11) is -3.75. The summed E-state index contributed by atoms with van der Waals surface area (Å²) < 4.78 is 27.5. The third-order valence-corrected chi connectivity index (χ3v) is 7.41. The van der Waals surface area contributed by atoms with Gasteiger partial charge in [-0.15, -0.1) is 0 Å². The number of nitrogens with zero attached hydrogens (tertiary/aromatic N) is 4. The van der Waals surface area contributed by atoms with Gasteiger partial charge < -0.3 is 9.80 Å². The molecule has 1 amide bonds. The van der Waals surface area contributed by atoms with Crippen LogP contribution in [0.2, 0.25) is 10.0 Å². The van der Waals surface area contributed by atoms with Crippen LogP contribution in [0.25, 0.3) is 0 Å². The van der Waals surface area contributed by atoms with Crippen LogP contribution in [-0.2, 0) is 16.6 Å². The Kier molecular flexibility index (Phi) is 7.14. The average Bonchev–Trinajstić information content (AvgIpc) is 2.85. The van der Waals surface area contributed by atoms with Crippen LogP contribution in [0.3, 0.4) is 0 Å². The number of carbonyl (C=O) groups excluding carboxylic acids is 1. The largest absolute Gasteiger partial charge is 0.337 e. The Morgan fingerprint density at radius 1 is 0.939 bits per heavy atom. The number of benzene rings is 2. The van der Waals surface area contributed by atoms with Gasteiger partial charge in [-0.2, -0.15) is 0 Å². The summed E-state index contributed by atoms with van der Waals surface area (Å²) in [6.45, 7) is 2.53. The van der Waals surface area contributed by atoms with Crippen molar-refractivity contribution in [3.8, 4) is 0 Å². The van der Waals surface area contributed by atoms with Gasteiger partial charge in [-0.25, -0.2) is 23.1 Å². The molecule has 0 aliphatic carbocycles. The van der Waals surface area contributed by atoms with Crippen LogP contribution in [-0.4, -0.2) is 55.4 Å². The van der Waals surface area contributed by atoms with Crippen LogP contribution >= 0.6 is 23.2 Å². The Morgan fingerprint density at radius 2 is 1.61 bits per heavy atom. The van der Waals surface area contributed by atoms with Crippen molar-refractivity contribution in [2.75, 3.05) is 31.1 Å². The van der Waals surface area contributed by atoms with Crippen molar-refractivity contribution in [2.45, 2.75) is 11.4 Å². The molecule has 0 unspecified atom stereocenters. The fourth-order valence-electron chi connectivity index (χ4n) is 3.42. The van der Waals surface area contributed by atoms with Crippen LogP contribution in [0, 0.1) is 0 Å². The molecule has 0 saturated carbocycles. The zero-order valence-corrected chi connectivity index (χ0v) is 19.8. The predicted molar refractivity (Wildman–Crippen MR) is 127 cm³/mol. The minimum absolute atomic E-state index is 0.0312. The third-order valence-electron chi connectivity index (χ3n) is 5.27. The molecule has 2 heterocycles. The highest BCUT2D eigenvalue weighted by molar-refractivity contribution is 7.89. The lowest BCUT2D eigenvalue weighted by molar-refractivity contribution is 0.0746. The molecule has 1 N–H and O–H groups in total. The summed E-state index contributed by atoms with van der Waals surface area (Å²) >= 11 is 11.8. The first kappa shape index (κ1) is 23.4. The van der Waals surface area contributed by atoms with Gasteiger partial charge in [-0.05, 0) is 42.0 Å². The van der Waals surface area contributed by atoms with Crippen LogP contribution in [0.4, 0.5) is 5.95 Å². The molecule has 0 spiro atoms. The molecule has 1 fully saturated rings. The van der Waals surface area contributed by atoms with Gasteiger partial charge in [0, 0.05) is 50.7 Å². The van der Waals surface area contributed by atoms with Crippen molar-refractivity contribution in [3.05, 3.63) is 82.1 Å². The number of amides is 1. The maximum Gasteiger partial charge on any atom is 0.253 e. The summed E-state index contributed by atoms with van der Waals surface area (Å²) in [5.41, 5.74) is 1.27. The zero-order valence-electron chi connectivity index (χ0n) is 17.5. The van der Waals surface area contributed by atoms with Crippen LogP contribution in [0.15, 0.2) is 65.8 Å². The summed E-state index contributed by atoms with van der Waals surface area (Å²) in [5.74, 6) is 0.601. The Balaban J connectivity index is 1.33. The minimum Gasteiger partial charge on any atom is -0.337 e. The molecule has 0 radical (unpaired) electrons. The van der Waals surface area contributed by atoms with Crippen LogP contribution in [0.1, 0.15) is 15.9 Å². The highest BCUT2D eigenvalue weighted by Crippen LogP contribution is 2.25. The number of piperazine rings is 1. The van der Waals surface area contributed by atoms with Gasteiger partial charge in [-0.1, -0.05) is 35.3 Å². The summed E-state index contributed by atoms with van der Waals surface area (Å²) in [6, 6.07) is 12.8. The van der Waals surface area contributed by atoms with Crippen molar-refractivity contribution >= 4 is 45.1 Å². The number of aromatic nitrogens is 2. The fraction of sp³-hybridized carbons (Fsp3) is 0.227. The summed E-state index contributed by atoms with van der Waals surface area (Å²) in [5, 5.41) is 0.449. The van der Waals surface area contributed by atoms with Gasteiger partial charge in [0.2, 0.25) is 16.0 Å². The van der Waals surface area contributed by atoms with E-state index in [0.29, 0.717) is 37.7 Å². The van der Waals surface area contributed by atoms with Gasteiger partial charge in [0.05, 0.1) is 14.9 Å². The maximum absolute atomic E-state index is 12.9. The number of halogens is 2. The van der Waals surface area contributed by atoms with Gasteiger partial charge in [-0.3, -0.25) is 4.79 Å². The molecular formula is C22H21Cl2N5O3S. The fourth-order valence-corrected chi connectivity index (χ4v) is 4.82. The van der Waals surface area contributed by atoms with E-state index in [9.17, 15) is 13.2 Å². The quantitative estimate of drug-likeness (QED) is 0.552. The molecule has 4 rings (SSSR count). The number of rotatable bonds is 6. The van der Waals surface area contributed by atoms with Crippen LogP contribution < -0.4 is 9.62 Å². The van der Waals surface area contributed by atoms with Crippen molar-refractivity contribution in [1.82, 2.24) is 19.6 Å². The SMILES string of the molecule is O=C(c1ccc(CNS(=O)(=O)c2ccc(Cl)c(Cl)c2)cc1)N1CCN(c2ncccn2)CC1. The van der Waals surface area contributed by atoms with Crippen LogP contribution in [0.5, 0.6) is 0 Å². The Morgan fingerprint density at radius 3 is 2.24 bits per heavy atom. The van der Waals surface area contributed by atoms with E-state index in [0.717, 1.165) is 5.56 Å². The van der Waals surface area contributed by atoms with E-state index in [1.807, 2.05) is 4.90 Å². The number of hydrogen-bond acceptors (Lipinski definition) is 6. The second kappa shape index (κ2) is 10.0. The molecule has 33 heavy (non-hydrogen) atoms. The molecule has 1 saturated heterocycles. The van der Waals surface area contributed by atoms with E-state index < -0.39 is 10.0 Å². The molecule has 0 bridgehead atoms. The summed E-state index contributed by atoms with van der Waals surface area (Å²) in [6.07, 6.45) is 3.40. The number of hydrogen-bond donors (Lipinski definition) is 1. The lowest BCUT2D eigenvalue weighted by Crippen LogP contribution is -2.49. The Labute approximate surface area is 202 Å². The summed E-state index contributed by atoms with van der Waals surface area (Å²) in [4.78, 5) is 25.2. The molecule has 1 aliphatic rings. The first-order valence-electron chi connectivity index (χ1n) is 10.2. The standard InChI is InChI=1S/C22H21Cl2N5O3S/c23-19-7-6-18(14-20(19)24)33(31,32)27-15-16-2-4-17(5-3-16)21(30)28-10-12-29(13-11-28)22-25-8-1-9-26-22/h1-9,14,27H,10-13,15H2. The van der Waals surface area contributed by atoms with Crippen molar-refractivity contribution in [2.24, 2.45) is 0 Å². The predicted octanol–water partition coefficient (Wildman–Crippen LogP) is 3.22. The molecule has 8 nitrogen and oxygen atoms in total.